The van der Waals surface area contributed by atoms with E-state index in [1.54, 1.807) is 36.4 Å². The Labute approximate surface area is 120 Å². The van der Waals surface area contributed by atoms with Crippen LogP contribution >= 0.6 is 23.2 Å². The van der Waals surface area contributed by atoms with Gasteiger partial charge in [-0.15, -0.1) is 0 Å². The van der Waals surface area contributed by atoms with Crippen molar-refractivity contribution in [3.05, 3.63) is 63.6 Å². The summed E-state index contributed by atoms with van der Waals surface area (Å²) in [5, 5.41) is 12.1. The van der Waals surface area contributed by atoms with Crippen molar-refractivity contribution in [2.45, 2.75) is 0 Å². The Morgan fingerprint density at radius 3 is 2.42 bits per heavy atom. The maximum absolute atomic E-state index is 12.0. The van der Waals surface area contributed by atoms with Crippen LogP contribution in [0.15, 0.2) is 42.5 Å². The molecule has 0 fully saturated rings. The lowest BCUT2D eigenvalue weighted by molar-refractivity contribution is 0.102. The average Bonchev–Trinajstić information content (AvgIpc) is 2.42. The topological polar surface area (TPSA) is 52.9 Å². The number of hydrogen-bond acceptors (Lipinski definition) is 2. The van der Waals surface area contributed by atoms with Gasteiger partial charge in [0.1, 0.15) is 0 Å². The fourth-order valence-corrected chi connectivity index (χ4v) is 1.87. The fourth-order valence-electron chi connectivity index (χ4n) is 1.50. The van der Waals surface area contributed by atoms with E-state index in [0.717, 1.165) is 0 Å². The van der Waals surface area contributed by atoms with Crippen molar-refractivity contribution < 1.29 is 4.79 Å². The van der Waals surface area contributed by atoms with Gasteiger partial charge in [-0.05, 0) is 42.5 Å². The van der Waals surface area contributed by atoms with Crippen LogP contribution in [0, 0.1) is 11.3 Å². The third-order valence-corrected chi connectivity index (χ3v) is 3.01. The number of anilines is 1. The molecule has 0 aromatic heterocycles. The SMILES string of the molecule is N#Cc1ccc(NC(=O)c2cc(Cl)ccc2Cl)cc1. The molecule has 0 saturated heterocycles. The molecule has 0 atom stereocenters. The number of nitrogens with zero attached hydrogens (tertiary/aromatic N) is 1. The molecule has 19 heavy (non-hydrogen) atoms. The van der Waals surface area contributed by atoms with Crippen LogP contribution in [-0.2, 0) is 0 Å². The molecule has 2 rings (SSSR count). The smallest absolute Gasteiger partial charge is 0.257 e. The zero-order valence-electron chi connectivity index (χ0n) is 9.65. The quantitative estimate of drug-likeness (QED) is 0.905. The van der Waals surface area contributed by atoms with Crippen molar-refractivity contribution in [3.63, 3.8) is 0 Å². The van der Waals surface area contributed by atoms with E-state index in [4.69, 9.17) is 28.5 Å². The van der Waals surface area contributed by atoms with Gasteiger partial charge in [-0.3, -0.25) is 4.79 Å². The number of benzene rings is 2. The molecule has 1 amide bonds. The van der Waals surface area contributed by atoms with Crippen LogP contribution in [0.3, 0.4) is 0 Å². The van der Waals surface area contributed by atoms with Gasteiger partial charge in [0, 0.05) is 10.7 Å². The molecular weight excluding hydrogens is 283 g/mol. The molecule has 0 spiro atoms. The summed E-state index contributed by atoms with van der Waals surface area (Å²) in [5.74, 6) is -0.350. The van der Waals surface area contributed by atoms with E-state index in [9.17, 15) is 4.79 Å². The molecular formula is C14H8Cl2N2O. The first-order valence-electron chi connectivity index (χ1n) is 5.37. The lowest BCUT2D eigenvalue weighted by atomic mass is 10.2. The van der Waals surface area contributed by atoms with E-state index in [1.165, 1.54) is 6.07 Å². The molecule has 0 aliphatic carbocycles. The largest absolute Gasteiger partial charge is 0.322 e. The van der Waals surface area contributed by atoms with Crippen LogP contribution in [0.5, 0.6) is 0 Å². The standard InChI is InChI=1S/C14H8Cl2N2O/c15-10-3-6-13(16)12(7-10)14(19)18-11-4-1-9(8-17)2-5-11/h1-7H,(H,18,19). The second-order valence-corrected chi connectivity index (χ2v) is 4.61. The van der Waals surface area contributed by atoms with Gasteiger partial charge in [0.25, 0.3) is 5.91 Å². The fraction of sp³-hybridized carbons (Fsp3) is 0. The number of nitriles is 1. The molecule has 0 bridgehead atoms. The molecule has 5 heteroatoms. The van der Waals surface area contributed by atoms with Gasteiger partial charge in [-0.25, -0.2) is 0 Å². The van der Waals surface area contributed by atoms with Gasteiger partial charge in [0.05, 0.1) is 22.2 Å². The molecule has 2 aromatic rings. The minimum absolute atomic E-state index is 0.304. The highest BCUT2D eigenvalue weighted by molar-refractivity contribution is 6.36. The Kier molecular flexibility index (Phi) is 4.06. The van der Waals surface area contributed by atoms with Gasteiger partial charge in [-0.1, -0.05) is 23.2 Å². The second kappa shape index (κ2) is 5.75. The molecule has 1 N–H and O–H groups in total. The van der Waals surface area contributed by atoms with E-state index in [2.05, 4.69) is 5.32 Å². The Morgan fingerprint density at radius 2 is 1.79 bits per heavy atom. The number of carbonyl (C=O) groups is 1. The molecule has 0 unspecified atom stereocenters. The summed E-state index contributed by atoms with van der Waals surface area (Å²) in [6.45, 7) is 0. The number of hydrogen-bond donors (Lipinski definition) is 1. The van der Waals surface area contributed by atoms with Crippen molar-refractivity contribution in [1.82, 2.24) is 0 Å². The summed E-state index contributed by atoms with van der Waals surface area (Å²) in [6.07, 6.45) is 0. The van der Waals surface area contributed by atoms with Gasteiger partial charge >= 0.3 is 0 Å². The first-order chi connectivity index (χ1) is 9.10. The van der Waals surface area contributed by atoms with Crippen molar-refractivity contribution in [2.75, 3.05) is 5.32 Å². The number of rotatable bonds is 2. The maximum Gasteiger partial charge on any atom is 0.257 e. The van der Waals surface area contributed by atoms with Gasteiger partial charge in [0.15, 0.2) is 0 Å². The first kappa shape index (κ1) is 13.4. The molecule has 2 aromatic carbocycles. The number of halogens is 2. The van der Waals surface area contributed by atoms with Gasteiger partial charge in [-0.2, -0.15) is 5.26 Å². The van der Waals surface area contributed by atoms with Gasteiger partial charge in [0.2, 0.25) is 0 Å². The highest BCUT2D eigenvalue weighted by Crippen LogP contribution is 2.21. The summed E-state index contributed by atoms with van der Waals surface area (Å²) in [7, 11) is 0. The monoisotopic (exact) mass is 290 g/mol. The first-order valence-corrected chi connectivity index (χ1v) is 6.12. The van der Waals surface area contributed by atoms with Crippen molar-refractivity contribution in [2.24, 2.45) is 0 Å². The molecule has 0 radical (unpaired) electrons. The Bertz CT molecular complexity index is 660. The minimum atomic E-state index is -0.350. The summed E-state index contributed by atoms with van der Waals surface area (Å²) >= 11 is 11.8. The van der Waals surface area contributed by atoms with E-state index >= 15 is 0 Å². The normalized spacial score (nSPS) is 9.74. The van der Waals surface area contributed by atoms with Gasteiger partial charge < -0.3 is 5.32 Å². The Morgan fingerprint density at radius 1 is 1.11 bits per heavy atom. The summed E-state index contributed by atoms with van der Waals surface area (Å²) < 4.78 is 0. The summed E-state index contributed by atoms with van der Waals surface area (Å²) in [6, 6.07) is 13.2. The van der Waals surface area contributed by atoms with E-state index < -0.39 is 0 Å². The molecule has 0 heterocycles. The molecule has 94 valence electrons. The maximum atomic E-state index is 12.0. The lowest BCUT2D eigenvalue weighted by Crippen LogP contribution is -2.12. The second-order valence-electron chi connectivity index (χ2n) is 3.77. The molecule has 0 aliphatic heterocycles. The van der Waals surface area contributed by atoms with E-state index in [-0.39, 0.29) is 5.91 Å². The van der Waals surface area contributed by atoms with Crippen molar-refractivity contribution >= 4 is 34.8 Å². The van der Waals surface area contributed by atoms with Crippen LogP contribution in [-0.4, -0.2) is 5.91 Å². The minimum Gasteiger partial charge on any atom is -0.322 e. The third-order valence-electron chi connectivity index (χ3n) is 2.44. The molecule has 0 aliphatic rings. The number of amides is 1. The Balaban J connectivity index is 2.21. The van der Waals surface area contributed by atoms with E-state index in [0.29, 0.717) is 26.9 Å². The highest BCUT2D eigenvalue weighted by atomic mass is 35.5. The lowest BCUT2D eigenvalue weighted by Gasteiger charge is -2.07. The Hall–Kier alpha value is -2.02. The van der Waals surface area contributed by atoms with Crippen molar-refractivity contribution in [3.8, 4) is 6.07 Å². The zero-order valence-corrected chi connectivity index (χ0v) is 11.2. The predicted octanol–water partition coefficient (Wildman–Crippen LogP) is 4.12. The van der Waals surface area contributed by atoms with E-state index in [1.807, 2.05) is 6.07 Å². The summed E-state index contributed by atoms with van der Waals surface area (Å²) in [4.78, 5) is 12.0. The van der Waals surface area contributed by atoms with Crippen molar-refractivity contribution in [1.29, 1.82) is 5.26 Å². The summed E-state index contributed by atoms with van der Waals surface area (Å²) in [5.41, 5.74) is 1.41. The van der Waals surface area contributed by atoms with Crippen LogP contribution in [0.4, 0.5) is 5.69 Å². The van der Waals surface area contributed by atoms with Crippen LogP contribution < -0.4 is 5.32 Å². The number of carbonyl (C=O) groups excluding carboxylic acids is 1. The molecule has 0 saturated carbocycles. The predicted molar refractivity (Wildman–Crippen MR) is 75.6 cm³/mol. The van der Waals surface area contributed by atoms with Crippen LogP contribution in [0.2, 0.25) is 10.0 Å². The zero-order chi connectivity index (χ0) is 13.8. The number of nitrogens with one attached hydrogen (secondary N) is 1. The molecule has 3 nitrogen and oxygen atoms in total. The highest BCUT2D eigenvalue weighted by Gasteiger charge is 2.11. The average molecular weight is 291 g/mol. The van der Waals surface area contributed by atoms with Crippen LogP contribution in [0.1, 0.15) is 15.9 Å². The van der Waals surface area contributed by atoms with Crippen LogP contribution in [0.25, 0.3) is 0 Å². The third kappa shape index (κ3) is 3.25.